The number of carbonyl (C=O) groups is 1. The fourth-order valence-electron chi connectivity index (χ4n) is 4.42. The fraction of sp³-hybridized carbons (Fsp3) is 0.652. The first kappa shape index (κ1) is 25.7. The van der Waals surface area contributed by atoms with Crippen LogP contribution in [0.2, 0.25) is 0 Å². The maximum absolute atomic E-state index is 12.0. The molecule has 0 radical (unpaired) electrons. The van der Waals surface area contributed by atoms with E-state index in [4.69, 9.17) is 9.73 Å². The lowest BCUT2D eigenvalue weighted by atomic mass is 10.0. The van der Waals surface area contributed by atoms with Crippen molar-refractivity contribution in [3.8, 4) is 5.75 Å². The lowest BCUT2D eigenvalue weighted by Gasteiger charge is -2.28. The van der Waals surface area contributed by atoms with Gasteiger partial charge in [-0.3, -0.25) is 14.7 Å². The highest BCUT2D eigenvalue weighted by molar-refractivity contribution is 14.0. The first-order valence-corrected chi connectivity index (χ1v) is 11.4. The van der Waals surface area contributed by atoms with Crippen molar-refractivity contribution in [2.24, 2.45) is 4.99 Å². The number of para-hydroxylation sites is 1. The van der Waals surface area contributed by atoms with Gasteiger partial charge in [-0.1, -0.05) is 25.1 Å². The highest BCUT2D eigenvalue weighted by atomic mass is 127. The number of halogens is 1. The molecule has 1 amide bonds. The molecule has 2 heterocycles. The molecular weight excluding hydrogens is 505 g/mol. The summed E-state index contributed by atoms with van der Waals surface area (Å²) in [6, 6.07) is 8.72. The number of hydrogen-bond acceptors (Lipinski definition) is 4. The first-order chi connectivity index (χ1) is 14.7. The van der Waals surface area contributed by atoms with Gasteiger partial charge in [0.2, 0.25) is 5.91 Å². The summed E-state index contributed by atoms with van der Waals surface area (Å²) >= 11 is 0. The Balaban J connectivity index is 0.00000341. The Bertz CT molecular complexity index is 724. The van der Waals surface area contributed by atoms with E-state index in [1.807, 2.05) is 24.0 Å². The Labute approximate surface area is 204 Å². The van der Waals surface area contributed by atoms with Gasteiger partial charge in [0.05, 0.1) is 19.7 Å². The second kappa shape index (κ2) is 13.1. The molecule has 0 aliphatic carbocycles. The van der Waals surface area contributed by atoms with E-state index in [9.17, 15) is 4.79 Å². The molecule has 8 heteroatoms. The lowest BCUT2D eigenvalue weighted by Crippen LogP contribution is -2.45. The van der Waals surface area contributed by atoms with Crippen LogP contribution in [0.1, 0.15) is 51.1 Å². The molecule has 2 atom stereocenters. The number of nitrogens with one attached hydrogen (secondary N) is 2. The van der Waals surface area contributed by atoms with E-state index < -0.39 is 0 Å². The van der Waals surface area contributed by atoms with Gasteiger partial charge < -0.3 is 20.3 Å². The van der Waals surface area contributed by atoms with Crippen LogP contribution in [0.3, 0.4) is 0 Å². The maximum Gasteiger partial charge on any atom is 0.222 e. The minimum atomic E-state index is 0. The first-order valence-electron chi connectivity index (χ1n) is 11.4. The number of guanidine groups is 1. The average molecular weight is 543 g/mol. The Morgan fingerprint density at radius 2 is 1.97 bits per heavy atom. The van der Waals surface area contributed by atoms with E-state index in [0.29, 0.717) is 13.0 Å². The van der Waals surface area contributed by atoms with E-state index in [1.54, 1.807) is 7.11 Å². The fourth-order valence-corrected chi connectivity index (χ4v) is 4.42. The van der Waals surface area contributed by atoms with Crippen molar-refractivity contribution in [3.05, 3.63) is 29.8 Å². The summed E-state index contributed by atoms with van der Waals surface area (Å²) in [6.45, 7) is 9.24. The molecule has 1 aromatic carbocycles. The van der Waals surface area contributed by atoms with Crippen LogP contribution in [0.5, 0.6) is 5.75 Å². The van der Waals surface area contributed by atoms with Crippen molar-refractivity contribution in [1.82, 2.24) is 20.4 Å². The molecule has 2 saturated heterocycles. The number of likely N-dealkylation sites (tertiary alicyclic amines) is 2. The molecule has 2 aliphatic heterocycles. The van der Waals surface area contributed by atoms with Gasteiger partial charge in [0.25, 0.3) is 0 Å². The van der Waals surface area contributed by atoms with Crippen LogP contribution in [0.4, 0.5) is 0 Å². The summed E-state index contributed by atoms with van der Waals surface area (Å²) in [5.41, 5.74) is 1.20. The molecule has 0 bridgehead atoms. The third-order valence-corrected chi connectivity index (χ3v) is 6.03. The molecule has 174 valence electrons. The number of benzene rings is 1. The molecule has 0 aromatic heterocycles. The van der Waals surface area contributed by atoms with E-state index >= 15 is 0 Å². The van der Waals surface area contributed by atoms with Gasteiger partial charge in [0, 0.05) is 37.7 Å². The zero-order valence-corrected chi connectivity index (χ0v) is 21.4. The Kier molecular flexibility index (Phi) is 10.9. The molecule has 31 heavy (non-hydrogen) atoms. The van der Waals surface area contributed by atoms with Crippen LogP contribution in [-0.4, -0.2) is 74.1 Å². The average Bonchev–Trinajstić information content (AvgIpc) is 3.46. The van der Waals surface area contributed by atoms with Crippen LogP contribution < -0.4 is 15.4 Å². The van der Waals surface area contributed by atoms with Crippen LogP contribution in [0.25, 0.3) is 0 Å². The number of amides is 1. The van der Waals surface area contributed by atoms with Crippen molar-refractivity contribution in [1.29, 1.82) is 0 Å². The topological polar surface area (TPSA) is 69.2 Å². The van der Waals surface area contributed by atoms with Crippen LogP contribution in [0, 0.1) is 0 Å². The molecule has 0 saturated carbocycles. The monoisotopic (exact) mass is 543 g/mol. The predicted molar refractivity (Wildman–Crippen MR) is 136 cm³/mol. The zero-order chi connectivity index (χ0) is 21.3. The molecule has 1 aromatic rings. The second-order valence-corrected chi connectivity index (χ2v) is 8.04. The van der Waals surface area contributed by atoms with Crippen molar-refractivity contribution in [2.75, 3.05) is 46.4 Å². The van der Waals surface area contributed by atoms with Crippen LogP contribution >= 0.6 is 24.0 Å². The summed E-state index contributed by atoms with van der Waals surface area (Å²) in [7, 11) is 1.73. The molecule has 2 aliphatic rings. The Morgan fingerprint density at radius 1 is 1.23 bits per heavy atom. The minimum absolute atomic E-state index is 0. The summed E-state index contributed by atoms with van der Waals surface area (Å²) in [6.07, 6.45) is 3.99. The molecular formula is C23H38IN5O2. The molecule has 3 rings (SSSR count). The Morgan fingerprint density at radius 3 is 2.65 bits per heavy atom. The molecule has 7 nitrogen and oxygen atoms in total. The number of nitrogens with zero attached hydrogens (tertiary/aromatic N) is 3. The van der Waals surface area contributed by atoms with E-state index in [2.05, 4.69) is 34.6 Å². The predicted octanol–water partition coefficient (Wildman–Crippen LogP) is 3.02. The van der Waals surface area contributed by atoms with E-state index in [-0.39, 0.29) is 42.0 Å². The van der Waals surface area contributed by atoms with Gasteiger partial charge >= 0.3 is 0 Å². The Hall–Kier alpha value is -1.55. The minimum Gasteiger partial charge on any atom is -0.496 e. The second-order valence-electron chi connectivity index (χ2n) is 8.04. The SMILES string of the molecule is CCNC(=NCC(c1ccccc1OC)N1CCCC1)NC1CCN(C(=O)CC)C1.I. The highest BCUT2D eigenvalue weighted by Crippen LogP contribution is 2.31. The van der Waals surface area contributed by atoms with Gasteiger partial charge in [-0.25, -0.2) is 0 Å². The van der Waals surface area contributed by atoms with Gasteiger partial charge in [0.15, 0.2) is 5.96 Å². The highest BCUT2D eigenvalue weighted by Gasteiger charge is 2.27. The normalized spacial score (nSPS) is 20.3. The van der Waals surface area contributed by atoms with E-state index in [0.717, 1.165) is 50.9 Å². The lowest BCUT2D eigenvalue weighted by molar-refractivity contribution is -0.129. The van der Waals surface area contributed by atoms with Crippen LogP contribution in [0.15, 0.2) is 29.3 Å². The number of ether oxygens (including phenoxy) is 1. The molecule has 2 fully saturated rings. The van der Waals surface area contributed by atoms with E-state index in [1.165, 1.54) is 18.4 Å². The summed E-state index contributed by atoms with van der Waals surface area (Å²) in [5, 5.41) is 6.93. The molecule has 2 N–H and O–H groups in total. The van der Waals surface area contributed by atoms with Crippen molar-refractivity contribution in [3.63, 3.8) is 0 Å². The number of aliphatic imine (C=N–C) groups is 1. The number of carbonyl (C=O) groups excluding carboxylic acids is 1. The van der Waals surface area contributed by atoms with Gasteiger partial charge in [-0.2, -0.15) is 0 Å². The molecule has 2 unspecified atom stereocenters. The largest absolute Gasteiger partial charge is 0.496 e. The maximum atomic E-state index is 12.0. The van der Waals surface area contributed by atoms with Gasteiger partial charge in [-0.05, 0) is 45.3 Å². The molecule has 0 spiro atoms. The van der Waals surface area contributed by atoms with Gasteiger partial charge in [-0.15, -0.1) is 24.0 Å². The van der Waals surface area contributed by atoms with Crippen molar-refractivity contribution in [2.45, 2.75) is 51.6 Å². The number of rotatable bonds is 8. The summed E-state index contributed by atoms with van der Waals surface area (Å²) < 4.78 is 5.65. The van der Waals surface area contributed by atoms with Crippen molar-refractivity contribution < 1.29 is 9.53 Å². The van der Waals surface area contributed by atoms with Gasteiger partial charge in [0.1, 0.15) is 5.75 Å². The standard InChI is InChI=1S/C23H37N5O2.HI/c1-4-22(29)28-15-12-18(17-28)26-23(24-5-2)25-16-20(27-13-8-9-14-27)19-10-6-7-11-21(19)30-3;/h6-7,10-11,18,20H,4-5,8-9,12-17H2,1-3H3,(H2,24,25,26);1H. The van der Waals surface area contributed by atoms with Crippen molar-refractivity contribution >= 4 is 35.8 Å². The zero-order valence-electron chi connectivity index (χ0n) is 19.1. The third kappa shape index (κ3) is 6.97. The quantitative estimate of drug-likeness (QED) is 0.300. The summed E-state index contributed by atoms with van der Waals surface area (Å²) in [5.74, 6) is 1.98. The van der Waals surface area contributed by atoms with Crippen LogP contribution in [-0.2, 0) is 4.79 Å². The number of hydrogen-bond donors (Lipinski definition) is 2. The smallest absolute Gasteiger partial charge is 0.222 e. The number of methoxy groups -OCH3 is 1. The summed E-state index contributed by atoms with van der Waals surface area (Å²) in [4.78, 5) is 21.4. The third-order valence-electron chi connectivity index (χ3n) is 6.03.